The van der Waals surface area contributed by atoms with Crippen molar-refractivity contribution in [3.8, 4) is 0 Å². The zero-order valence-electron chi connectivity index (χ0n) is 6.80. The third-order valence-electron chi connectivity index (χ3n) is 2.64. The molecule has 0 amide bonds. The van der Waals surface area contributed by atoms with Crippen molar-refractivity contribution in [1.29, 1.82) is 0 Å². The predicted octanol–water partition coefficient (Wildman–Crippen LogP) is 0.600. The van der Waals surface area contributed by atoms with Crippen molar-refractivity contribution in [2.24, 2.45) is 23.0 Å². The number of nitrogens with two attached hydrogens (primary N) is 1. The Hall–Kier alpha value is -0.0800. The molecule has 1 aliphatic carbocycles. The molecule has 0 bridgehead atoms. The fourth-order valence-corrected chi connectivity index (χ4v) is 1.58. The van der Waals surface area contributed by atoms with Crippen molar-refractivity contribution in [3.05, 3.63) is 0 Å². The molecular weight excluding hydrogens is 126 g/mol. The van der Waals surface area contributed by atoms with Gasteiger partial charge in [-0.05, 0) is 30.2 Å². The van der Waals surface area contributed by atoms with Gasteiger partial charge in [0.25, 0.3) is 0 Å². The van der Waals surface area contributed by atoms with Crippen molar-refractivity contribution >= 4 is 0 Å². The SMILES string of the molecule is CC(C)(CO)[C@@H]1C[C@H]1CN. The van der Waals surface area contributed by atoms with Gasteiger partial charge in [-0.2, -0.15) is 0 Å². The molecule has 3 N–H and O–H groups in total. The molecule has 0 unspecified atom stereocenters. The van der Waals surface area contributed by atoms with Crippen LogP contribution in [0.3, 0.4) is 0 Å². The Kier molecular flexibility index (Phi) is 2.02. The second-order valence-electron chi connectivity index (χ2n) is 3.98. The molecule has 0 saturated heterocycles. The Morgan fingerprint density at radius 1 is 1.60 bits per heavy atom. The Bertz CT molecular complexity index is 122. The fraction of sp³-hybridized carbons (Fsp3) is 1.00. The summed E-state index contributed by atoms with van der Waals surface area (Å²) in [6.45, 7) is 5.28. The minimum atomic E-state index is 0.101. The average Bonchev–Trinajstić information content (AvgIpc) is 2.66. The summed E-state index contributed by atoms with van der Waals surface area (Å²) in [4.78, 5) is 0. The highest BCUT2D eigenvalue weighted by molar-refractivity contribution is 4.96. The van der Waals surface area contributed by atoms with E-state index in [0.29, 0.717) is 11.8 Å². The van der Waals surface area contributed by atoms with Crippen LogP contribution in [0, 0.1) is 17.3 Å². The van der Waals surface area contributed by atoms with Gasteiger partial charge in [0, 0.05) is 6.61 Å². The molecule has 1 aliphatic rings. The molecule has 2 atom stereocenters. The molecule has 0 aromatic rings. The minimum Gasteiger partial charge on any atom is -0.396 e. The molecule has 1 saturated carbocycles. The van der Waals surface area contributed by atoms with Crippen LogP contribution < -0.4 is 5.73 Å². The van der Waals surface area contributed by atoms with Crippen LogP contribution in [-0.4, -0.2) is 18.3 Å². The summed E-state index contributed by atoms with van der Waals surface area (Å²) in [5.41, 5.74) is 5.60. The van der Waals surface area contributed by atoms with Crippen LogP contribution in [0.2, 0.25) is 0 Å². The van der Waals surface area contributed by atoms with Crippen LogP contribution >= 0.6 is 0 Å². The normalized spacial score (nSPS) is 32.4. The third kappa shape index (κ3) is 1.32. The third-order valence-corrected chi connectivity index (χ3v) is 2.64. The van der Waals surface area contributed by atoms with Gasteiger partial charge in [-0.1, -0.05) is 13.8 Å². The molecule has 10 heavy (non-hydrogen) atoms. The second-order valence-corrected chi connectivity index (χ2v) is 3.98. The molecule has 0 aromatic heterocycles. The monoisotopic (exact) mass is 143 g/mol. The molecule has 1 rings (SSSR count). The first-order chi connectivity index (χ1) is 4.61. The van der Waals surface area contributed by atoms with E-state index < -0.39 is 0 Å². The number of hydrogen-bond acceptors (Lipinski definition) is 2. The molecule has 1 fully saturated rings. The quantitative estimate of drug-likeness (QED) is 0.607. The first-order valence-electron chi connectivity index (χ1n) is 3.92. The van der Waals surface area contributed by atoms with Crippen molar-refractivity contribution in [1.82, 2.24) is 0 Å². The molecule has 0 heterocycles. The van der Waals surface area contributed by atoms with Crippen LogP contribution in [0.15, 0.2) is 0 Å². The maximum atomic E-state index is 8.98. The molecule has 60 valence electrons. The van der Waals surface area contributed by atoms with Crippen LogP contribution in [0.4, 0.5) is 0 Å². The van der Waals surface area contributed by atoms with E-state index in [1.165, 1.54) is 6.42 Å². The Morgan fingerprint density at radius 2 is 2.20 bits per heavy atom. The Balaban J connectivity index is 2.37. The zero-order chi connectivity index (χ0) is 7.78. The maximum Gasteiger partial charge on any atom is 0.0484 e. The van der Waals surface area contributed by atoms with Gasteiger partial charge < -0.3 is 10.8 Å². The van der Waals surface area contributed by atoms with Crippen LogP contribution in [0.5, 0.6) is 0 Å². The first kappa shape index (κ1) is 8.02. The molecule has 0 radical (unpaired) electrons. The molecule has 0 aromatic carbocycles. The standard InChI is InChI=1S/C8H17NO/c1-8(2,5-10)7-3-6(7)4-9/h6-7,10H,3-5,9H2,1-2H3/t6-,7+/m0/s1. The smallest absolute Gasteiger partial charge is 0.0484 e. The van der Waals surface area contributed by atoms with E-state index in [9.17, 15) is 0 Å². The summed E-state index contributed by atoms with van der Waals surface area (Å²) < 4.78 is 0. The largest absolute Gasteiger partial charge is 0.396 e. The molecule has 0 aliphatic heterocycles. The van der Waals surface area contributed by atoms with E-state index in [1.807, 2.05) is 0 Å². The highest BCUT2D eigenvalue weighted by atomic mass is 16.3. The highest BCUT2D eigenvalue weighted by Crippen LogP contribution is 2.49. The summed E-state index contributed by atoms with van der Waals surface area (Å²) in [5, 5.41) is 8.98. The minimum absolute atomic E-state index is 0.101. The lowest BCUT2D eigenvalue weighted by Crippen LogP contribution is -2.21. The number of hydrogen-bond donors (Lipinski definition) is 2. The van der Waals surface area contributed by atoms with Gasteiger partial charge in [-0.3, -0.25) is 0 Å². The van der Waals surface area contributed by atoms with Gasteiger partial charge in [-0.15, -0.1) is 0 Å². The van der Waals surface area contributed by atoms with Crippen molar-refractivity contribution in [2.45, 2.75) is 20.3 Å². The molecular formula is C8H17NO. The fourth-order valence-electron chi connectivity index (χ4n) is 1.58. The van der Waals surface area contributed by atoms with E-state index in [0.717, 1.165) is 6.54 Å². The highest BCUT2D eigenvalue weighted by Gasteiger charge is 2.45. The summed E-state index contributed by atoms with van der Waals surface area (Å²) in [6.07, 6.45) is 1.21. The van der Waals surface area contributed by atoms with Gasteiger partial charge in [0.2, 0.25) is 0 Å². The van der Waals surface area contributed by atoms with Gasteiger partial charge in [0.15, 0.2) is 0 Å². The maximum absolute atomic E-state index is 8.98. The average molecular weight is 143 g/mol. The van der Waals surface area contributed by atoms with Crippen molar-refractivity contribution < 1.29 is 5.11 Å². The lowest BCUT2D eigenvalue weighted by molar-refractivity contribution is 0.132. The van der Waals surface area contributed by atoms with Gasteiger partial charge in [0.05, 0.1) is 0 Å². The Labute approximate surface area is 62.4 Å². The molecule has 0 spiro atoms. The summed E-state index contributed by atoms with van der Waals surface area (Å²) in [7, 11) is 0. The van der Waals surface area contributed by atoms with E-state index >= 15 is 0 Å². The molecule has 2 nitrogen and oxygen atoms in total. The van der Waals surface area contributed by atoms with E-state index in [1.54, 1.807) is 0 Å². The first-order valence-corrected chi connectivity index (χ1v) is 3.92. The van der Waals surface area contributed by atoms with Crippen LogP contribution in [-0.2, 0) is 0 Å². The lowest BCUT2D eigenvalue weighted by atomic mass is 9.87. The van der Waals surface area contributed by atoms with E-state index in [4.69, 9.17) is 10.8 Å². The predicted molar refractivity (Wildman–Crippen MR) is 41.5 cm³/mol. The summed E-state index contributed by atoms with van der Waals surface area (Å²) in [5.74, 6) is 1.35. The van der Waals surface area contributed by atoms with Crippen molar-refractivity contribution in [3.63, 3.8) is 0 Å². The number of rotatable bonds is 3. The zero-order valence-corrected chi connectivity index (χ0v) is 6.80. The number of aliphatic hydroxyl groups excluding tert-OH is 1. The van der Waals surface area contributed by atoms with Gasteiger partial charge >= 0.3 is 0 Å². The van der Waals surface area contributed by atoms with E-state index in [2.05, 4.69) is 13.8 Å². The van der Waals surface area contributed by atoms with Crippen LogP contribution in [0.1, 0.15) is 20.3 Å². The van der Waals surface area contributed by atoms with Gasteiger partial charge in [-0.25, -0.2) is 0 Å². The number of aliphatic hydroxyl groups is 1. The second kappa shape index (κ2) is 2.51. The van der Waals surface area contributed by atoms with Crippen LogP contribution in [0.25, 0.3) is 0 Å². The van der Waals surface area contributed by atoms with Crippen molar-refractivity contribution in [2.75, 3.05) is 13.2 Å². The van der Waals surface area contributed by atoms with E-state index in [-0.39, 0.29) is 12.0 Å². The Morgan fingerprint density at radius 3 is 2.50 bits per heavy atom. The summed E-state index contributed by atoms with van der Waals surface area (Å²) in [6, 6.07) is 0. The lowest BCUT2D eigenvalue weighted by Gasteiger charge is -2.21. The topological polar surface area (TPSA) is 46.2 Å². The molecule has 2 heteroatoms. The van der Waals surface area contributed by atoms with Gasteiger partial charge in [0.1, 0.15) is 0 Å². The summed E-state index contributed by atoms with van der Waals surface area (Å²) >= 11 is 0.